The number of hydrogen-bond acceptors (Lipinski definition) is 2. The number of methoxy groups -OCH3 is 1. The summed E-state index contributed by atoms with van der Waals surface area (Å²) in [5, 5.41) is 6.35. The van der Waals surface area contributed by atoms with Crippen molar-refractivity contribution in [2.24, 2.45) is 0 Å². The second-order valence-corrected chi connectivity index (χ2v) is 6.13. The monoisotopic (exact) mass is 366 g/mol. The molecule has 0 heterocycles. The summed E-state index contributed by atoms with van der Waals surface area (Å²) in [5.74, 6) is 0.542. The molecule has 4 nitrogen and oxygen atoms in total. The average molecular weight is 367 g/mol. The summed E-state index contributed by atoms with van der Waals surface area (Å²) in [4.78, 5) is 12.6. The number of urea groups is 1. The zero-order chi connectivity index (χ0) is 18.4. The fourth-order valence-electron chi connectivity index (χ4n) is 2.72. The third kappa shape index (κ3) is 4.35. The van der Waals surface area contributed by atoms with Gasteiger partial charge in [0, 0.05) is 5.02 Å². The lowest BCUT2D eigenvalue weighted by Gasteiger charge is -2.20. The van der Waals surface area contributed by atoms with Gasteiger partial charge in [-0.15, -0.1) is 0 Å². The highest BCUT2D eigenvalue weighted by atomic mass is 35.5. The molecule has 0 bridgehead atoms. The first-order chi connectivity index (χ1) is 12.7. The molecule has 0 radical (unpaired) electrons. The summed E-state index contributed by atoms with van der Waals surface area (Å²) in [6.45, 7) is 0. The number of ether oxygens (including phenoxy) is 1. The molecule has 3 aromatic carbocycles. The molecule has 26 heavy (non-hydrogen) atoms. The number of benzene rings is 3. The van der Waals surface area contributed by atoms with Crippen LogP contribution in [0, 0.1) is 0 Å². The zero-order valence-electron chi connectivity index (χ0n) is 14.3. The molecule has 0 atom stereocenters. The summed E-state index contributed by atoms with van der Waals surface area (Å²) in [5.41, 5.74) is 2.50. The Kier molecular flexibility index (Phi) is 5.77. The Morgan fingerprint density at radius 2 is 1.50 bits per heavy atom. The van der Waals surface area contributed by atoms with Crippen molar-refractivity contribution in [1.82, 2.24) is 5.32 Å². The van der Waals surface area contributed by atoms with Crippen molar-refractivity contribution in [3.05, 3.63) is 95.0 Å². The molecule has 0 fully saturated rings. The van der Waals surface area contributed by atoms with Gasteiger partial charge in [-0.2, -0.15) is 0 Å². The van der Waals surface area contributed by atoms with Crippen LogP contribution >= 0.6 is 11.6 Å². The van der Waals surface area contributed by atoms with Gasteiger partial charge in [-0.3, -0.25) is 0 Å². The normalized spacial score (nSPS) is 10.4. The SMILES string of the molecule is COc1ccc(Cl)cc1NC(=O)NC(c1ccccc1)c1ccccc1. The number of carbonyl (C=O) groups excluding carboxylic acids is 1. The van der Waals surface area contributed by atoms with E-state index < -0.39 is 0 Å². The van der Waals surface area contributed by atoms with Gasteiger partial charge in [0.1, 0.15) is 5.75 Å². The van der Waals surface area contributed by atoms with Gasteiger partial charge in [0.05, 0.1) is 18.8 Å². The Labute approximate surface area is 157 Å². The van der Waals surface area contributed by atoms with Crippen LogP contribution in [0.25, 0.3) is 0 Å². The number of carbonyl (C=O) groups is 1. The summed E-state index contributed by atoms with van der Waals surface area (Å²) in [6, 6.07) is 24.1. The summed E-state index contributed by atoms with van der Waals surface area (Å²) in [6.07, 6.45) is 0. The van der Waals surface area contributed by atoms with Crippen molar-refractivity contribution >= 4 is 23.3 Å². The lowest BCUT2D eigenvalue weighted by atomic mass is 9.99. The van der Waals surface area contributed by atoms with Crippen molar-refractivity contribution in [3.63, 3.8) is 0 Å². The highest BCUT2D eigenvalue weighted by Gasteiger charge is 2.17. The Bertz CT molecular complexity index is 830. The van der Waals surface area contributed by atoms with Crippen LogP contribution in [0.3, 0.4) is 0 Å². The second kappa shape index (κ2) is 8.41. The van der Waals surface area contributed by atoms with E-state index in [-0.39, 0.29) is 12.1 Å². The van der Waals surface area contributed by atoms with Crippen LogP contribution in [-0.4, -0.2) is 13.1 Å². The summed E-state index contributed by atoms with van der Waals surface area (Å²) < 4.78 is 5.27. The molecule has 3 rings (SSSR count). The fraction of sp³-hybridized carbons (Fsp3) is 0.0952. The largest absolute Gasteiger partial charge is 0.495 e. The highest BCUT2D eigenvalue weighted by Crippen LogP contribution is 2.28. The van der Waals surface area contributed by atoms with E-state index >= 15 is 0 Å². The Hall–Kier alpha value is -2.98. The third-order valence-corrected chi connectivity index (χ3v) is 4.19. The average Bonchev–Trinajstić information content (AvgIpc) is 2.68. The highest BCUT2D eigenvalue weighted by molar-refractivity contribution is 6.31. The first kappa shape index (κ1) is 17.8. The van der Waals surface area contributed by atoms with Gasteiger partial charge < -0.3 is 15.4 Å². The van der Waals surface area contributed by atoms with Crippen molar-refractivity contribution in [2.45, 2.75) is 6.04 Å². The number of anilines is 1. The predicted molar refractivity (Wildman–Crippen MR) is 105 cm³/mol. The van der Waals surface area contributed by atoms with E-state index in [0.29, 0.717) is 16.5 Å². The molecule has 0 aliphatic rings. The first-order valence-electron chi connectivity index (χ1n) is 8.18. The molecule has 0 spiro atoms. The zero-order valence-corrected chi connectivity index (χ0v) is 15.0. The van der Waals surface area contributed by atoms with Gasteiger partial charge in [0.25, 0.3) is 0 Å². The molecule has 0 saturated carbocycles. The van der Waals surface area contributed by atoms with Gasteiger partial charge >= 0.3 is 6.03 Å². The molecular formula is C21H19ClN2O2. The van der Waals surface area contributed by atoms with E-state index in [1.807, 2.05) is 60.7 Å². The molecule has 2 amide bonds. The molecule has 5 heteroatoms. The van der Waals surface area contributed by atoms with E-state index in [1.54, 1.807) is 25.3 Å². The molecule has 3 aromatic rings. The maximum absolute atomic E-state index is 12.6. The smallest absolute Gasteiger partial charge is 0.320 e. The molecule has 132 valence electrons. The lowest BCUT2D eigenvalue weighted by Crippen LogP contribution is -2.33. The molecule has 0 unspecified atom stereocenters. The Morgan fingerprint density at radius 3 is 2.04 bits per heavy atom. The minimum absolute atomic E-state index is 0.275. The van der Waals surface area contributed by atoms with Crippen LogP contribution < -0.4 is 15.4 Å². The van der Waals surface area contributed by atoms with E-state index in [2.05, 4.69) is 10.6 Å². The summed E-state index contributed by atoms with van der Waals surface area (Å²) in [7, 11) is 1.54. The van der Waals surface area contributed by atoms with E-state index in [4.69, 9.17) is 16.3 Å². The number of hydrogen-bond donors (Lipinski definition) is 2. The van der Waals surface area contributed by atoms with Crippen LogP contribution in [-0.2, 0) is 0 Å². The van der Waals surface area contributed by atoms with Gasteiger partial charge in [-0.25, -0.2) is 4.79 Å². The molecule has 0 aromatic heterocycles. The van der Waals surface area contributed by atoms with Crippen molar-refractivity contribution in [2.75, 3.05) is 12.4 Å². The van der Waals surface area contributed by atoms with Gasteiger partial charge in [-0.05, 0) is 29.3 Å². The van der Waals surface area contributed by atoms with Crippen LogP contribution in [0.1, 0.15) is 17.2 Å². The standard InChI is InChI=1S/C21H19ClN2O2/c1-26-19-13-12-17(22)14-18(19)23-21(25)24-20(15-8-4-2-5-9-15)16-10-6-3-7-11-16/h2-14,20H,1H3,(H2,23,24,25). The van der Waals surface area contributed by atoms with Gasteiger partial charge in [0.2, 0.25) is 0 Å². The first-order valence-corrected chi connectivity index (χ1v) is 8.56. The number of halogens is 1. The minimum atomic E-state index is -0.344. The van der Waals surface area contributed by atoms with Crippen LogP contribution in [0.4, 0.5) is 10.5 Å². The van der Waals surface area contributed by atoms with Crippen LogP contribution in [0.15, 0.2) is 78.9 Å². The maximum Gasteiger partial charge on any atom is 0.320 e. The third-order valence-electron chi connectivity index (χ3n) is 3.95. The molecule has 0 saturated heterocycles. The minimum Gasteiger partial charge on any atom is -0.495 e. The number of nitrogens with one attached hydrogen (secondary N) is 2. The van der Waals surface area contributed by atoms with Crippen molar-refractivity contribution < 1.29 is 9.53 Å². The van der Waals surface area contributed by atoms with E-state index in [1.165, 1.54) is 0 Å². The predicted octanol–water partition coefficient (Wildman–Crippen LogP) is 5.26. The molecule has 0 aliphatic heterocycles. The van der Waals surface area contributed by atoms with Gasteiger partial charge in [-0.1, -0.05) is 72.3 Å². The van der Waals surface area contributed by atoms with E-state index in [0.717, 1.165) is 11.1 Å². The van der Waals surface area contributed by atoms with Crippen molar-refractivity contribution in [1.29, 1.82) is 0 Å². The Morgan fingerprint density at radius 1 is 0.923 bits per heavy atom. The van der Waals surface area contributed by atoms with Crippen LogP contribution in [0.2, 0.25) is 5.02 Å². The van der Waals surface area contributed by atoms with Gasteiger partial charge in [0.15, 0.2) is 0 Å². The van der Waals surface area contributed by atoms with E-state index in [9.17, 15) is 4.79 Å². The summed E-state index contributed by atoms with van der Waals surface area (Å²) >= 11 is 6.03. The fourth-order valence-corrected chi connectivity index (χ4v) is 2.89. The molecular weight excluding hydrogens is 348 g/mol. The number of amides is 2. The molecule has 2 N–H and O–H groups in total. The van der Waals surface area contributed by atoms with Crippen LogP contribution in [0.5, 0.6) is 5.75 Å². The quantitative estimate of drug-likeness (QED) is 0.647. The Balaban J connectivity index is 1.83. The maximum atomic E-state index is 12.6. The topological polar surface area (TPSA) is 50.4 Å². The van der Waals surface area contributed by atoms with Crippen molar-refractivity contribution in [3.8, 4) is 5.75 Å². The molecule has 0 aliphatic carbocycles. The second-order valence-electron chi connectivity index (χ2n) is 5.70. The number of rotatable bonds is 5. The lowest BCUT2D eigenvalue weighted by molar-refractivity contribution is 0.250.